The normalized spacial score (nSPS) is 13.0. The average molecular weight is 426 g/mol. The summed E-state index contributed by atoms with van der Waals surface area (Å²) in [6.07, 6.45) is 0.738. The molecule has 0 spiro atoms. The van der Waals surface area contributed by atoms with Crippen LogP contribution in [0.4, 0.5) is 0 Å². The van der Waals surface area contributed by atoms with Gasteiger partial charge >= 0.3 is 0 Å². The highest BCUT2D eigenvalue weighted by Crippen LogP contribution is 2.41. The molecule has 0 fully saturated rings. The van der Waals surface area contributed by atoms with Crippen LogP contribution < -0.4 is 23.7 Å². The van der Waals surface area contributed by atoms with Gasteiger partial charge in [-0.1, -0.05) is 0 Å². The number of methoxy groups -OCH3 is 5. The van der Waals surface area contributed by atoms with E-state index in [1.807, 2.05) is 17.0 Å². The number of H-pyrrole nitrogens is 1. The van der Waals surface area contributed by atoms with Crippen LogP contribution in [-0.2, 0) is 13.0 Å². The van der Waals surface area contributed by atoms with Gasteiger partial charge < -0.3 is 33.6 Å². The Balaban J connectivity index is 1.69. The SMILES string of the molecule is COc1cc2c(cc1OC)CN(C(=O)c1cc3c(OC)cc(OC)c(OC)c3[nH]1)CC2. The smallest absolute Gasteiger partial charge is 0.270 e. The molecule has 4 rings (SSSR count). The number of hydrogen-bond acceptors (Lipinski definition) is 6. The van der Waals surface area contributed by atoms with Crippen molar-refractivity contribution in [1.82, 2.24) is 9.88 Å². The number of aromatic nitrogens is 1. The fourth-order valence-electron chi connectivity index (χ4n) is 4.08. The lowest BCUT2D eigenvalue weighted by molar-refractivity contribution is 0.0729. The maximum atomic E-state index is 13.3. The van der Waals surface area contributed by atoms with Crippen molar-refractivity contribution < 1.29 is 28.5 Å². The van der Waals surface area contributed by atoms with Gasteiger partial charge in [0.25, 0.3) is 5.91 Å². The molecule has 0 unspecified atom stereocenters. The molecule has 31 heavy (non-hydrogen) atoms. The van der Waals surface area contributed by atoms with Crippen LogP contribution >= 0.6 is 0 Å². The predicted octanol–water partition coefficient (Wildman–Crippen LogP) is 3.41. The topological polar surface area (TPSA) is 82.2 Å². The summed E-state index contributed by atoms with van der Waals surface area (Å²) in [4.78, 5) is 18.4. The van der Waals surface area contributed by atoms with Crippen LogP contribution in [0.3, 0.4) is 0 Å². The number of hydrogen-bond donors (Lipinski definition) is 1. The van der Waals surface area contributed by atoms with E-state index in [0.717, 1.165) is 22.9 Å². The Hall–Kier alpha value is -3.55. The molecule has 2 aromatic carbocycles. The first-order valence-electron chi connectivity index (χ1n) is 9.89. The second-order valence-corrected chi connectivity index (χ2v) is 7.24. The number of nitrogens with one attached hydrogen (secondary N) is 1. The van der Waals surface area contributed by atoms with E-state index in [1.165, 1.54) is 0 Å². The van der Waals surface area contributed by atoms with Crippen LogP contribution in [-0.4, -0.2) is 57.9 Å². The Morgan fingerprint density at radius 3 is 2.06 bits per heavy atom. The van der Waals surface area contributed by atoms with Gasteiger partial charge in [0.2, 0.25) is 0 Å². The van der Waals surface area contributed by atoms with Crippen LogP contribution in [0.2, 0.25) is 0 Å². The predicted molar refractivity (Wildman–Crippen MR) is 116 cm³/mol. The molecular weight excluding hydrogens is 400 g/mol. The van der Waals surface area contributed by atoms with E-state index in [-0.39, 0.29) is 5.91 Å². The lowest BCUT2D eigenvalue weighted by Gasteiger charge is -2.29. The van der Waals surface area contributed by atoms with Crippen molar-refractivity contribution in [2.24, 2.45) is 0 Å². The number of benzene rings is 2. The van der Waals surface area contributed by atoms with Gasteiger partial charge in [-0.15, -0.1) is 0 Å². The molecule has 1 aliphatic heterocycles. The van der Waals surface area contributed by atoms with Crippen LogP contribution in [0, 0.1) is 0 Å². The van der Waals surface area contributed by atoms with E-state index in [1.54, 1.807) is 47.7 Å². The number of ether oxygens (including phenoxy) is 5. The maximum absolute atomic E-state index is 13.3. The molecular formula is C23H26N2O6. The van der Waals surface area contributed by atoms with E-state index >= 15 is 0 Å². The molecule has 1 aromatic heterocycles. The van der Waals surface area contributed by atoms with Gasteiger partial charge in [0.15, 0.2) is 23.0 Å². The van der Waals surface area contributed by atoms with Crippen LogP contribution in [0.1, 0.15) is 21.6 Å². The minimum atomic E-state index is -0.0975. The van der Waals surface area contributed by atoms with Crippen molar-refractivity contribution in [3.05, 3.63) is 41.1 Å². The minimum Gasteiger partial charge on any atom is -0.496 e. The highest BCUT2D eigenvalue weighted by molar-refractivity contribution is 6.02. The molecule has 164 valence electrons. The number of carbonyl (C=O) groups is 1. The Morgan fingerprint density at radius 1 is 0.806 bits per heavy atom. The standard InChI is InChI=1S/C23H26N2O6/c1-27-17-11-20(30-4)22(31-5)21-15(17)10-16(24-21)23(26)25-7-6-13-8-18(28-2)19(29-3)9-14(13)12-25/h8-11,24H,6-7,12H2,1-5H3. The molecule has 8 heteroatoms. The summed E-state index contributed by atoms with van der Waals surface area (Å²) in [5, 5.41) is 0.757. The third-order valence-corrected chi connectivity index (χ3v) is 5.68. The third-order valence-electron chi connectivity index (χ3n) is 5.68. The van der Waals surface area contributed by atoms with Gasteiger partial charge in [-0.3, -0.25) is 4.79 Å². The Bertz CT molecular complexity index is 1140. The first-order chi connectivity index (χ1) is 15.0. The van der Waals surface area contributed by atoms with E-state index in [2.05, 4.69) is 4.98 Å². The number of carbonyl (C=O) groups excluding carboxylic acids is 1. The van der Waals surface area contributed by atoms with Gasteiger partial charge in [0.1, 0.15) is 11.4 Å². The molecule has 0 saturated carbocycles. The lowest BCUT2D eigenvalue weighted by Crippen LogP contribution is -2.36. The number of aromatic amines is 1. The molecule has 3 aromatic rings. The van der Waals surface area contributed by atoms with Crippen molar-refractivity contribution in [1.29, 1.82) is 0 Å². The molecule has 2 heterocycles. The highest BCUT2D eigenvalue weighted by Gasteiger charge is 2.26. The zero-order chi connectivity index (χ0) is 22.1. The lowest BCUT2D eigenvalue weighted by atomic mass is 9.98. The molecule has 0 radical (unpaired) electrons. The van der Waals surface area contributed by atoms with E-state index in [9.17, 15) is 4.79 Å². The summed E-state index contributed by atoms with van der Waals surface area (Å²) in [5.41, 5.74) is 3.33. The molecule has 0 saturated heterocycles. The summed E-state index contributed by atoms with van der Waals surface area (Å²) in [6, 6.07) is 7.47. The zero-order valence-corrected chi connectivity index (χ0v) is 18.3. The molecule has 0 atom stereocenters. The summed E-state index contributed by atoms with van der Waals surface area (Å²) < 4.78 is 27.2. The Labute approximate surface area is 180 Å². The first kappa shape index (κ1) is 20.7. The van der Waals surface area contributed by atoms with E-state index in [0.29, 0.717) is 53.0 Å². The molecule has 0 aliphatic carbocycles. The van der Waals surface area contributed by atoms with Gasteiger partial charge in [-0.05, 0) is 35.7 Å². The molecule has 0 bridgehead atoms. The average Bonchev–Trinajstić information content (AvgIpc) is 3.26. The largest absolute Gasteiger partial charge is 0.496 e. The van der Waals surface area contributed by atoms with Gasteiger partial charge in [-0.25, -0.2) is 0 Å². The third kappa shape index (κ3) is 3.48. The number of amides is 1. The Morgan fingerprint density at radius 2 is 1.45 bits per heavy atom. The van der Waals surface area contributed by atoms with Crippen molar-refractivity contribution in [3.8, 4) is 28.7 Å². The number of rotatable bonds is 6. The molecule has 8 nitrogen and oxygen atoms in total. The van der Waals surface area contributed by atoms with Crippen molar-refractivity contribution in [3.63, 3.8) is 0 Å². The van der Waals surface area contributed by atoms with Gasteiger partial charge in [0, 0.05) is 24.5 Å². The van der Waals surface area contributed by atoms with Crippen LogP contribution in [0.5, 0.6) is 28.7 Å². The first-order valence-corrected chi connectivity index (χ1v) is 9.89. The fourth-order valence-corrected chi connectivity index (χ4v) is 4.08. The maximum Gasteiger partial charge on any atom is 0.270 e. The second kappa shape index (κ2) is 8.29. The zero-order valence-electron chi connectivity index (χ0n) is 18.3. The summed E-state index contributed by atoms with van der Waals surface area (Å²) >= 11 is 0. The minimum absolute atomic E-state index is 0.0975. The van der Waals surface area contributed by atoms with Gasteiger partial charge in [0.05, 0.1) is 41.1 Å². The summed E-state index contributed by atoms with van der Waals surface area (Å²) in [6.45, 7) is 1.09. The van der Waals surface area contributed by atoms with Crippen molar-refractivity contribution in [2.75, 3.05) is 42.1 Å². The molecule has 1 aliphatic rings. The molecule has 1 N–H and O–H groups in total. The second-order valence-electron chi connectivity index (χ2n) is 7.24. The molecule has 1 amide bonds. The van der Waals surface area contributed by atoms with Gasteiger partial charge in [-0.2, -0.15) is 0 Å². The van der Waals surface area contributed by atoms with Crippen molar-refractivity contribution >= 4 is 16.8 Å². The van der Waals surface area contributed by atoms with Crippen LogP contribution in [0.15, 0.2) is 24.3 Å². The highest BCUT2D eigenvalue weighted by atomic mass is 16.5. The quantitative estimate of drug-likeness (QED) is 0.651. The monoisotopic (exact) mass is 426 g/mol. The van der Waals surface area contributed by atoms with E-state index < -0.39 is 0 Å². The summed E-state index contributed by atoms with van der Waals surface area (Å²) in [5.74, 6) is 2.91. The number of fused-ring (bicyclic) bond motifs is 2. The summed E-state index contributed by atoms with van der Waals surface area (Å²) in [7, 11) is 7.94. The Kier molecular flexibility index (Phi) is 5.54. The van der Waals surface area contributed by atoms with Crippen molar-refractivity contribution in [2.45, 2.75) is 13.0 Å². The van der Waals surface area contributed by atoms with Crippen LogP contribution in [0.25, 0.3) is 10.9 Å². The number of nitrogens with zero attached hydrogens (tertiary/aromatic N) is 1. The van der Waals surface area contributed by atoms with E-state index in [4.69, 9.17) is 23.7 Å². The fraction of sp³-hybridized carbons (Fsp3) is 0.348.